The summed E-state index contributed by atoms with van der Waals surface area (Å²) >= 11 is 1.48. The van der Waals surface area contributed by atoms with Crippen molar-refractivity contribution in [3.63, 3.8) is 0 Å². The number of benzene rings is 2. The summed E-state index contributed by atoms with van der Waals surface area (Å²) in [6.07, 6.45) is 0. The molecule has 0 fully saturated rings. The lowest BCUT2D eigenvalue weighted by molar-refractivity contribution is 0.874. The molecular weight excluding hydrogens is 382 g/mol. The van der Waals surface area contributed by atoms with E-state index in [1.165, 1.54) is 11.8 Å². The van der Waals surface area contributed by atoms with Gasteiger partial charge in [-0.15, -0.1) is 0 Å². The molecule has 4 rings (SSSR count). The maximum absolute atomic E-state index is 13.5. The number of aryl methyl sites for hydroxylation is 3. The summed E-state index contributed by atoms with van der Waals surface area (Å²) in [5.74, 6) is 2.19. The average Bonchev–Trinajstić information content (AvgIpc) is 2.66. The number of fused-ring (bicyclic) bond motifs is 1. The van der Waals surface area contributed by atoms with Crippen molar-refractivity contribution in [2.75, 3.05) is 5.73 Å². The molecule has 0 aliphatic rings. The maximum atomic E-state index is 13.5. The topological polar surface area (TPSA) is 86.7 Å². The molecule has 29 heavy (non-hydrogen) atoms. The number of rotatable bonds is 4. The number of hydrogen-bond acceptors (Lipinski definition) is 6. The summed E-state index contributed by atoms with van der Waals surface area (Å²) in [6.45, 7) is 5.74. The monoisotopic (exact) mass is 403 g/mol. The first-order chi connectivity index (χ1) is 13.9. The molecule has 2 heterocycles. The molecule has 0 amide bonds. The summed E-state index contributed by atoms with van der Waals surface area (Å²) in [6, 6.07) is 15.3. The highest BCUT2D eigenvalue weighted by Crippen LogP contribution is 2.25. The van der Waals surface area contributed by atoms with Crippen LogP contribution in [0.2, 0.25) is 0 Å². The Morgan fingerprint density at radius 1 is 0.966 bits per heavy atom. The molecular formula is C22H21N5OS. The summed E-state index contributed by atoms with van der Waals surface area (Å²) in [5, 5.41) is 1.40. The molecule has 0 aliphatic carbocycles. The van der Waals surface area contributed by atoms with Crippen molar-refractivity contribution >= 4 is 28.5 Å². The standard InChI is InChI=1S/C22H21N5OS/c1-13-7-4-5-10-17(13)27-19(12-29-20-11-18(23)24-15(3)25-20)26-16-9-6-8-14(2)21(16)22(27)28/h4-11H,12H2,1-3H3,(H2,23,24,25). The van der Waals surface area contributed by atoms with Gasteiger partial charge in [-0.25, -0.2) is 15.0 Å². The third kappa shape index (κ3) is 3.73. The van der Waals surface area contributed by atoms with Gasteiger partial charge in [-0.05, 0) is 44.0 Å². The number of aromatic nitrogens is 4. The van der Waals surface area contributed by atoms with Crippen LogP contribution >= 0.6 is 11.8 Å². The minimum absolute atomic E-state index is 0.0589. The van der Waals surface area contributed by atoms with Gasteiger partial charge in [0.2, 0.25) is 0 Å². The van der Waals surface area contributed by atoms with Crippen molar-refractivity contribution in [3.05, 3.63) is 81.7 Å². The van der Waals surface area contributed by atoms with Crippen LogP contribution in [0.3, 0.4) is 0 Å². The van der Waals surface area contributed by atoms with E-state index in [1.54, 1.807) is 17.6 Å². The van der Waals surface area contributed by atoms with Crippen LogP contribution in [-0.4, -0.2) is 19.5 Å². The Morgan fingerprint density at radius 3 is 2.48 bits per heavy atom. The van der Waals surface area contributed by atoms with Gasteiger partial charge in [0.15, 0.2) is 0 Å². The molecule has 2 aromatic heterocycles. The van der Waals surface area contributed by atoms with Crippen LogP contribution in [-0.2, 0) is 5.75 Å². The van der Waals surface area contributed by atoms with E-state index < -0.39 is 0 Å². The predicted molar refractivity (Wildman–Crippen MR) is 118 cm³/mol. The van der Waals surface area contributed by atoms with Gasteiger partial charge in [0, 0.05) is 6.07 Å². The van der Waals surface area contributed by atoms with E-state index in [2.05, 4.69) is 9.97 Å². The Hall–Kier alpha value is -3.19. The molecule has 0 saturated heterocycles. The highest BCUT2D eigenvalue weighted by atomic mass is 32.2. The molecule has 7 heteroatoms. The lowest BCUT2D eigenvalue weighted by Crippen LogP contribution is -2.25. The molecule has 0 radical (unpaired) electrons. The van der Waals surface area contributed by atoms with Crippen LogP contribution in [0.5, 0.6) is 0 Å². The van der Waals surface area contributed by atoms with Gasteiger partial charge >= 0.3 is 0 Å². The average molecular weight is 404 g/mol. The lowest BCUT2D eigenvalue weighted by Gasteiger charge is -2.16. The minimum atomic E-state index is -0.0589. The summed E-state index contributed by atoms with van der Waals surface area (Å²) < 4.78 is 1.72. The van der Waals surface area contributed by atoms with E-state index in [0.717, 1.165) is 21.8 Å². The van der Waals surface area contributed by atoms with Crippen LogP contribution in [0.1, 0.15) is 22.8 Å². The SMILES string of the molecule is Cc1nc(N)cc(SCc2nc3cccc(C)c3c(=O)n2-c2ccccc2C)n1. The van der Waals surface area contributed by atoms with Crippen LogP contribution in [0, 0.1) is 20.8 Å². The molecule has 0 aliphatic heterocycles. The van der Waals surface area contributed by atoms with Gasteiger partial charge in [0.25, 0.3) is 5.56 Å². The number of nitrogens with zero attached hydrogens (tertiary/aromatic N) is 4. The van der Waals surface area contributed by atoms with Gasteiger partial charge in [0.05, 0.1) is 22.3 Å². The zero-order valence-electron chi connectivity index (χ0n) is 16.5. The number of thioether (sulfide) groups is 1. The molecule has 4 aromatic rings. The van der Waals surface area contributed by atoms with Crippen molar-refractivity contribution in [2.24, 2.45) is 0 Å². The second-order valence-corrected chi connectivity index (χ2v) is 7.89. The van der Waals surface area contributed by atoms with Crippen LogP contribution in [0.25, 0.3) is 16.6 Å². The lowest BCUT2D eigenvalue weighted by atomic mass is 10.1. The van der Waals surface area contributed by atoms with Crippen LogP contribution in [0.15, 0.2) is 58.4 Å². The van der Waals surface area contributed by atoms with Gasteiger partial charge in [-0.1, -0.05) is 42.1 Å². The number of anilines is 1. The molecule has 0 atom stereocenters. The summed E-state index contributed by atoms with van der Waals surface area (Å²) in [5.41, 5.74) is 9.26. The Morgan fingerprint density at radius 2 is 1.72 bits per heavy atom. The molecule has 0 bridgehead atoms. The number of nitrogen functional groups attached to an aromatic ring is 1. The molecule has 0 unspecified atom stereocenters. The Labute approximate surface area is 172 Å². The van der Waals surface area contributed by atoms with Crippen molar-refractivity contribution in [3.8, 4) is 5.69 Å². The van der Waals surface area contributed by atoms with Crippen molar-refractivity contribution in [2.45, 2.75) is 31.6 Å². The number of nitrogens with two attached hydrogens (primary N) is 1. The van der Waals surface area contributed by atoms with Crippen molar-refractivity contribution in [1.82, 2.24) is 19.5 Å². The first-order valence-corrected chi connectivity index (χ1v) is 10.2. The van der Waals surface area contributed by atoms with Gasteiger partial charge in [0.1, 0.15) is 22.5 Å². The maximum Gasteiger partial charge on any atom is 0.266 e. The van der Waals surface area contributed by atoms with Crippen LogP contribution < -0.4 is 11.3 Å². The van der Waals surface area contributed by atoms with Gasteiger partial charge < -0.3 is 5.73 Å². The summed E-state index contributed by atoms with van der Waals surface area (Å²) in [4.78, 5) is 26.9. The Kier molecular flexibility index (Phi) is 5.07. The largest absolute Gasteiger partial charge is 0.384 e. The third-order valence-corrected chi connectivity index (χ3v) is 5.62. The molecule has 0 spiro atoms. The second-order valence-electron chi connectivity index (χ2n) is 6.89. The van der Waals surface area contributed by atoms with E-state index in [1.807, 2.05) is 56.3 Å². The first-order valence-electron chi connectivity index (χ1n) is 9.25. The van der Waals surface area contributed by atoms with E-state index >= 15 is 0 Å². The first kappa shape index (κ1) is 19.1. The molecule has 6 nitrogen and oxygen atoms in total. The zero-order valence-corrected chi connectivity index (χ0v) is 17.3. The normalized spacial score (nSPS) is 11.1. The van der Waals surface area contributed by atoms with Crippen molar-refractivity contribution in [1.29, 1.82) is 0 Å². The van der Waals surface area contributed by atoms with E-state index in [0.29, 0.717) is 34.1 Å². The molecule has 2 aromatic carbocycles. The summed E-state index contributed by atoms with van der Waals surface area (Å²) in [7, 11) is 0. The quantitative estimate of drug-likeness (QED) is 0.410. The second kappa shape index (κ2) is 7.67. The fourth-order valence-corrected chi connectivity index (χ4v) is 4.25. The van der Waals surface area contributed by atoms with E-state index in [-0.39, 0.29) is 5.56 Å². The Bertz CT molecular complexity index is 1260. The highest BCUT2D eigenvalue weighted by molar-refractivity contribution is 7.98. The third-order valence-electron chi connectivity index (χ3n) is 4.72. The molecule has 2 N–H and O–H groups in total. The predicted octanol–water partition coefficient (Wildman–Crippen LogP) is 3.98. The van der Waals surface area contributed by atoms with Gasteiger partial charge in [-0.2, -0.15) is 0 Å². The number of para-hydroxylation sites is 1. The van der Waals surface area contributed by atoms with Crippen molar-refractivity contribution < 1.29 is 0 Å². The fraction of sp³-hybridized carbons (Fsp3) is 0.182. The highest BCUT2D eigenvalue weighted by Gasteiger charge is 2.16. The van der Waals surface area contributed by atoms with E-state index in [9.17, 15) is 4.79 Å². The van der Waals surface area contributed by atoms with Gasteiger partial charge in [-0.3, -0.25) is 9.36 Å². The van der Waals surface area contributed by atoms with Crippen LogP contribution in [0.4, 0.5) is 5.82 Å². The minimum Gasteiger partial charge on any atom is -0.384 e. The Balaban J connectivity index is 1.89. The fourth-order valence-electron chi connectivity index (χ4n) is 3.38. The molecule has 146 valence electrons. The van der Waals surface area contributed by atoms with E-state index in [4.69, 9.17) is 10.7 Å². The number of hydrogen-bond donors (Lipinski definition) is 1. The molecule has 0 saturated carbocycles. The zero-order chi connectivity index (χ0) is 20.5. The smallest absolute Gasteiger partial charge is 0.266 e.